The Morgan fingerprint density at radius 1 is 1.32 bits per heavy atom. The molecule has 3 atom stereocenters. The smallest absolute Gasteiger partial charge is 0.222 e. The molecule has 4 N–H and O–H groups in total. The zero-order chi connectivity index (χ0) is 13.7. The average molecular weight is 262 g/mol. The van der Waals surface area contributed by atoms with Gasteiger partial charge in [-0.15, -0.1) is 0 Å². The van der Waals surface area contributed by atoms with E-state index in [0.717, 1.165) is 31.2 Å². The van der Waals surface area contributed by atoms with Crippen LogP contribution in [0.2, 0.25) is 0 Å². The molecule has 0 saturated heterocycles. The van der Waals surface area contributed by atoms with E-state index in [2.05, 4.69) is 5.32 Å². The molecule has 4 nitrogen and oxygen atoms in total. The summed E-state index contributed by atoms with van der Waals surface area (Å²) in [6.07, 6.45) is 3.57. The van der Waals surface area contributed by atoms with Crippen molar-refractivity contribution in [2.45, 2.75) is 50.3 Å². The predicted octanol–water partition coefficient (Wildman–Crippen LogP) is 1.50. The highest BCUT2D eigenvalue weighted by Gasteiger charge is 2.25. The molecule has 1 saturated carbocycles. The molecule has 0 spiro atoms. The molecule has 1 aromatic rings. The number of amides is 1. The highest BCUT2D eigenvalue weighted by Crippen LogP contribution is 2.19. The molecular weight excluding hydrogens is 240 g/mol. The predicted molar refractivity (Wildman–Crippen MR) is 74.4 cm³/mol. The van der Waals surface area contributed by atoms with E-state index in [1.165, 1.54) is 0 Å². The maximum absolute atomic E-state index is 11.9. The molecule has 104 valence electrons. The van der Waals surface area contributed by atoms with Gasteiger partial charge in [0.1, 0.15) is 0 Å². The quantitative estimate of drug-likeness (QED) is 0.769. The Balaban J connectivity index is 1.84. The molecule has 0 radical (unpaired) electrons. The highest BCUT2D eigenvalue weighted by molar-refractivity contribution is 5.77. The molecule has 1 aliphatic rings. The molecule has 0 aromatic heterocycles. The first-order valence-corrected chi connectivity index (χ1v) is 6.95. The van der Waals surface area contributed by atoms with Gasteiger partial charge in [-0.1, -0.05) is 43.2 Å². The minimum atomic E-state index is -0.411. The lowest BCUT2D eigenvalue weighted by Gasteiger charge is -2.28. The molecule has 1 amide bonds. The summed E-state index contributed by atoms with van der Waals surface area (Å²) in [5.74, 6) is -0.0812. The van der Waals surface area contributed by atoms with E-state index in [-0.39, 0.29) is 24.4 Å². The van der Waals surface area contributed by atoms with Crippen molar-refractivity contribution in [2.75, 3.05) is 0 Å². The third-order valence-corrected chi connectivity index (χ3v) is 3.71. The van der Waals surface area contributed by atoms with Gasteiger partial charge >= 0.3 is 0 Å². The number of carbonyl (C=O) groups is 1. The van der Waals surface area contributed by atoms with Crippen LogP contribution in [0.4, 0.5) is 0 Å². The molecule has 1 aromatic carbocycles. The van der Waals surface area contributed by atoms with Crippen LogP contribution in [0, 0.1) is 0 Å². The molecule has 19 heavy (non-hydrogen) atoms. The molecule has 0 aliphatic heterocycles. The number of aliphatic hydroxyl groups is 1. The molecule has 1 fully saturated rings. The van der Waals surface area contributed by atoms with E-state index in [9.17, 15) is 9.90 Å². The van der Waals surface area contributed by atoms with Gasteiger partial charge in [0.05, 0.1) is 12.1 Å². The number of aliphatic hydroxyl groups excluding tert-OH is 1. The second-order valence-corrected chi connectivity index (χ2v) is 5.25. The highest BCUT2D eigenvalue weighted by atomic mass is 16.3. The Morgan fingerprint density at radius 2 is 2.00 bits per heavy atom. The Hall–Kier alpha value is -1.39. The van der Waals surface area contributed by atoms with Crippen LogP contribution < -0.4 is 11.1 Å². The van der Waals surface area contributed by atoms with Crippen molar-refractivity contribution in [3.8, 4) is 0 Å². The number of hydrogen-bond donors (Lipinski definition) is 3. The van der Waals surface area contributed by atoms with Crippen molar-refractivity contribution in [2.24, 2.45) is 5.73 Å². The van der Waals surface area contributed by atoms with E-state index < -0.39 is 6.10 Å². The van der Waals surface area contributed by atoms with Crippen molar-refractivity contribution < 1.29 is 9.90 Å². The fourth-order valence-electron chi connectivity index (χ4n) is 2.56. The maximum atomic E-state index is 11.9. The molecule has 4 heteroatoms. The lowest BCUT2D eigenvalue weighted by Crippen LogP contribution is -2.45. The van der Waals surface area contributed by atoms with Crippen molar-refractivity contribution >= 4 is 5.91 Å². The van der Waals surface area contributed by atoms with E-state index in [0.29, 0.717) is 0 Å². The minimum absolute atomic E-state index is 0.0812. The van der Waals surface area contributed by atoms with Crippen molar-refractivity contribution in [3.05, 3.63) is 35.9 Å². The minimum Gasteiger partial charge on any atom is -0.391 e. The first-order chi connectivity index (χ1) is 9.16. The average Bonchev–Trinajstić information content (AvgIpc) is 2.42. The van der Waals surface area contributed by atoms with Gasteiger partial charge in [-0.05, 0) is 18.4 Å². The second kappa shape index (κ2) is 6.68. The van der Waals surface area contributed by atoms with Crippen molar-refractivity contribution in [1.29, 1.82) is 0 Å². The lowest BCUT2D eigenvalue weighted by atomic mass is 9.92. The first-order valence-electron chi connectivity index (χ1n) is 6.95. The zero-order valence-corrected chi connectivity index (χ0v) is 11.1. The van der Waals surface area contributed by atoms with Gasteiger partial charge in [0, 0.05) is 12.5 Å². The molecule has 0 heterocycles. The van der Waals surface area contributed by atoms with Gasteiger partial charge in [0.2, 0.25) is 5.91 Å². The summed E-state index contributed by atoms with van der Waals surface area (Å²) in [6, 6.07) is 9.21. The van der Waals surface area contributed by atoms with Crippen LogP contribution in [0.1, 0.15) is 43.7 Å². The lowest BCUT2D eigenvalue weighted by molar-refractivity contribution is -0.123. The summed E-state index contributed by atoms with van der Waals surface area (Å²) < 4.78 is 0. The Morgan fingerprint density at radius 3 is 2.68 bits per heavy atom. The second-order valence-electron chi connectivity index (χ2n) is 5.25. The van der Waals surface area contributed by atoms with E-state index >= 15 is 0 Å². The van der Waals surface area contributed by atoms with Crippen LogP contribution in [-0.4, -0.2) is 23.2 Å². The third kappa shape index (κ3) is 4.04. The zero-order valence-electron chi connectivity index (χ0n) is 11.1. The topological polar surface area (TPSA) is 75.4 Å². The fourth-order valence-corrected chi connectivity index (χ4v) is 2.56. The maximum Gasteiger partial charge on any atom is 0.222 e. The summed E-state index contributed by atoms with van der Waals surface area (Å²) >= 11 is 0. The van der Waals surface area contributed by atoms with Crippen LogP contribution in [0.3, 0.4) is 0 Å². The Bertz CT molecular complexity index is 408. The first kappa shape index (κ1) is 14.0. The number of nitrogens with two attached hydrogens (primary N) is 1. The van der Waals surface area contributed by atoms with Gasteiger partial charge in [0.25, 0.3) is 0 Å². The van der Waals surface area contributed by atoms with Crippen LogP contribution in [0.15, 0.2) is 30.3 Å². The van der Waals surface area contributed by atoms with Gasteiger partial charge in [-0.25, -0.2) is 0 Å². The molecule has 1 aliphatic carbocycles. The van der Waals surface area contributed by atoms with Crippen LogP contribution in [0.5, 0.6) is 0 Å². The summed E-state index contributed by atoms with van der Waals surface area (Å²) in [7, 11) is 0. The molecular formula is C15H22N2O2. The SMILES string of the molecule is NC(CC(=O)NC1CCCCC1O)c1ccccc1. The largest absolute Gasteiger partial charge is 0.391 e. The Kier molecular flexibility index (Phi) is 4.93. The number of nitrogens with one attached hydrogen (secondary N) is 1. The number of benzene rings is 1. The van der Waals surface area contributed by atoms with Gasteiger partial charge in [-0.3, -0.25) is 4.79 Å². The standard InChI is InChI=1S/C15H22N2O2/c16-12(11-6-2-1-3-7-11)10-15(19)17-13-8-4-5-9-14(13)18/h1-3,6-7,12-14,18H,4-5,8-10,16H2,(H,17,19). The number of carbonyl (C=O) groups excluding carboxylic acids is 1. The van der Waals surface area contributed by atoms with Crippen LogP contribution in [0.25, 0.3) is 0 Å². The summed E-state index contributed by atoms with van der Waals surface area (Å²) in [5, 5.41) is 12.7. The van der Waals surface area contributed by atoms with Gasteiger partial charge in [-0.2, -0.15) is 0 Å². The number of rotatable bonds is 4. The van der Waals surface area contributed by atoms with Gasteiger partial charge < -0.3 is 16.2 Å². The normalized spacial score (nSPS) is 24.7. The summed E-state index contributed by atoms with van der Waals surface area (Å²) in [5.41, 5.74) is 6.97. The van der Waals surface area contributed by atoms with Crippen LogP contribution >= 0.6 is 0 Å². The van der Waals surface area contributed by atoms with E-state index in [1.54, 1.807) is 0 Å². The Labute approximate surface area is 114 Å². The van der Waals surface area contributed by atoms with E-state index in [1.807, 2.05) is 30.3 Å². The van der Waals surface area contributed by atoms with Crippen molar-refractivity contribution in [1.82, 2.24) is 5.32 Å². The fraction of sp³-hybridized carbons (Fsp3) is 0.533. The summed E-state index contributed by atoms with van der Waals surface area (Å²) in [6.45, 7) is 0. The molecule has 0 bridgehead atoms. The monoisotopic (exact) mass is 262 g/mol. The third-order valence-electron chi connectivity index (χ3n) is 3.71. The summed E-state index contributed by atoms with van der Waals surface area (Å²) in [4.78, 5) is 11.9. The van der Waals surface area contributed by atoms with Gasteiger partial charge in [0.15, 0.2) is 0 Å². The number of hydrogen-bond acceptors (Lipinski definition) is 3. The molecule has 3 unspecified atom stereocenters. The van der Waals surface area contributed by atoms with Crippen molar-refractivity contribution in [3.63, 3.8) is 0 Å². The van der Waals surface area contributed by atoms with Crippen LogP contribution in [-0.2, 0) is 4.79 Å². The van der Waals surface area contributed by atoms with E-state index in [4.69, 9.17) is 5.73 Å². The molecule has 2 rings (SSSR count).